The number of carbonyl (C=O) groups excluding carboxylic acids is 1. The molecule has 1 aliphatic carbocycles. The van der Waals surface area contributed by atoms with E-state index in [-0.39, 0.29) is 12.0 Å². The van der Waals surface area contributed by atoms with Crippen LogP contribution in [0.2, 0.25) is 15.1 Å². The molecule has 1 aromatic heterocycles. The molecule has 9 heteroatoms. The summed E-state index contributed by atoms with van der Waals surface area (Å²) >= 11 is 17.7. The predicted molar refractivity (Wildman–Crippen MR) is 93.9 cm³/mol. The predicted octanol–water partition coefficient (Wildman–Crippen LogP) is 5.74. The zero-order valence-electron chi connectivity index (χ0n) is 13.1. The van der Waals surface area contributed by atoms with E-state index in [2.05, 4.69) is 10.3 Å². The molecular formula is C17H12Cl3F3N2O. The average molecular weight is 424 g/mol. The van der Waals surface area contributed by atoms with Gasteiger partial charge in [-0.05, 0) is 36.6 Å². The third kappa shape index (κ3) is 3.77. The highest BCUT2D eigenvalue weighted by atomic mass is 35.5. The number of pyridine rings is 1. The number of halogens is 6. The van der Waals surface area contributed by atoms with Gasteiger partial charge in [0.1, 0.15) is 11.3 Å². The molecule has 3 nitrogen and oxygen atoms in total. The number of nitrogens with zero attached hydrogens (tertiary/aromatic N) is 1. The summed E-state index contributed by atoms with van der Waals surface area (Å²) in [5, 5.41) is 2.98. The Bertz CT molecular complexity index is 858. The van der Waals surface area contributed by atoms with Gasteiger partial charge in [-0.15, -0.1) is 0 Å². The van der Waals surface area contributed by atoms with Gasteiger partial charge in [-0.1, -0.05) is 40.9 Å². The smallest absolute Gasteiger partial charge is 0.347 e. The normalized spacial score (nSPS) is 19.8. The summed E-state index contributed by atoms with van der Waals surface area (Å²) < 4.78 is 39.6. The Morgan fingerprint density at radius 3 is 2.42 bits per heavy atom. The number of alkyl halides is 3. The molecule has 26 heavy (non-hydrogen) atoms. The van der Waals surface area contributed by atoms with Crippen molar-refractivity contribution in [2.45, 2.75) is 31.0 Å². The second kappa shape index (κ2) is 7.25. The van der Waals surface area contributed by atoms with Gasteiger partial charge in [0.2, 0.25) is 0 Å². The zero-order chi connectivity index (χ0) is 19.1. The number of nitrogens with one attached hydrogen (secondary N) is 1. The number of hydrogen-bond donors (Lipinski definition) is 1. The van der Waals surface area contributed by atoms with E-state index in [1.165, 1.54) is 0 Å². The second-order valence-corrected chi connectivity index (χ2v) is 7.19. The third-order valence-electron chi connectivity index (χ3n) is 4.35. The molecule has 0 bridgehead atoms. The molecule has 1 N–H and O–H groups in total. The third-order valence-corrected chi connectivity index (χ3v) is 5.23. The summed E-state index contributed by atoms with van der Waals surface area (Å²) in [7, 11) is 0. The van der Waals surface area contributed by atoms with Crippen molar-refractivity contribution in [1.82, 2.24) is 10.3 Å². The first-order valence-corrected chi connectivity index (χ1v) is 8.79. The minimum absolute atomic E-state index is 0.0998. The number of rotatable bonds is 3. The number of amides is 1. The van der Waals surface area contributed by atoms with Crippen molar-refractivity contribution in [3.63, 3.8) is 0 Å². The summed E-state index contributed by atoms with van der Waals surface area (Å²) in [5.41, 5.74) is -1.18. The Labute approximate surface area is 162 Å². The molecule has 0 aliphatic heterocycles. The minimum Gasteiger partial charge on any atom is -0.347 e. The van der Waals surface area contributed by atoms with Crippen LogP contribution in [0, 0.1) is 0 Å². The van der Waals surface area contributed by atoms with Gasteiger partial charge in [0, 0.05) is 28.2 Å². The van der Waals surface area contributed by atoms with Gasteiger partial charge >= 0.3 is 6.18 Å². The van der Waals surface area contributed by atoms with Crippen molar-refractivity contribution in [2.24, 2.45) is 0 Å². The minimum atomic E-state index is -4.78. The van der Waals surface area contributed by atoms with Crippen molar-refractivity contribution < 1.29 is 18.0 Å². The van der Waals surface area contributed by atoms with Crippen LogP contribution < -0.4 is 5.32 Å². The highest BCUT2D eigenvalue weighted by molar-refractivity contribution is 6.35. The Hall–Kier alpha value is -1.50. The Morgan fingerprint density at radius 2 is 1.85 bits per heavy atom. The summed E-state index contributed by atoms with van der Waals surface area (Å²) in [5.74, 6) is -1.02. The molecule has 1 saturated carbocycles. The van der Waals surface area contributed by atoms with Crippen LogP contribution >= 0.6 is 34.8 Å². The van der Waals surface area contributed by atoms with Crippen molar-refractivity contribution in [3.05, 3.63) is 62.4 Å². The van der Waals surface area contributed by atoms with Crippen LogP contribution in [0.3, 0.4) is 0 Å². The van der Waals surface area contributed by atoms with Gasteiger partial charge in [0.25, 0.3) is 5.91 Å². The van der Waals surface area contributed by atoms with E-state index < -0.39 is 28.4 Å². The molecule has 3 rings (SSSR count). The molecule has 1 fully saturated rings. The van der Waals surface area contributed by atoms with E-state index in [4.69, 9.17) is 34.8 Å². The van der Waals surface area contributed by atoms with E-state index in [1.54, 1.807) is 18.2 Å². The van der Waals surface area contributed by atoms with Gasteiger partial charge in [-0.2, -0.15) is 13.2 Å². The maximum absolute atomic E-state index is 13.2. The molecule has 0 saturated heterocycles. The summed E-state index contributed by atoms with van der Waals surface area (Å²) in [6.07, 6.45) is -2.34. The first kappa shape index (κ1) is 19.3. The monoisotopic (exact) mass is 422 g/mol. The molecule has 0 spiro atoms. The topological polar surface area (TPSA) is 42.0 Å². The molecule has 138 valence electrons. The van der Waals surface area contributed by atoms with Crippen LogP contribution in [0.1, 0.15) is 40.4 Å². The van der Waals surface area contributed by atoms with Gasteiger partial charge in [0.15, 0.2) is 0 Å². The lowest BCUT2D eigenvalue weighted by molar-refractivity contribution is -0.138. The van der Waals surface area contributed by atoms with Crippen molar-refractivity contribution in [2.75, 3.05) is 0 Å². The second-order valence-electron chi connectivity index (χ2n) is 5.94. The fourth-order valence-corrected chi connectivity index (χ4v) is 3.77. The van der Waals surface area contributed by atoms with E-state index in [0.717, 1.165) is 24.2 Å². The summed E-state index contributed by atoms with van der Waals surface area (Å²) in [6, 6.07) is 5.69. The lowest BCUT2D eigenvalue weighted by Gasteiger charge is -2.38. The van der Waals surface area contributed by atoms with Crippen LogP contribution in [0.15, 0.2) is 30.5 Å². The summed E-state index contributed by atoms with van der Waals surface area (Å²) in [6.45, 7) is 0. The maximum atomic E-state index is 13.2. The van der Waals surface area contributed by atoms with E-state index in [9.17, 15) is 18.0 Å². The van der Waals surface area contributed by atoms with Gasteiger partial charge in [-0.25, -0.2) is 0 Å². The van der Waals surface area contributed by atoms with Gasteiger partial charge in [0.05, 0.1) is 5.02 Å². The molecular weight excluding hydrogens is 412 g/mol. The van der Waals surface area contributed by atoms with Crippen LogP contribution in [0.5, 0.6) is 0 Å². The molecule has 2 atom stereocenters. The van der Waals surface area contributed by atoms with Crippen LogP contribution in [0.4, 0.5) is 13.2 Å². The molecule has 0 radical (unpaired) electrons. The highest BCUT2D eigenvalue weighted by Crippen LogP contribution is 2.41. The fourth-order valence-electron chi connectivity index (χ4n) is 2.96. The van der Waals surface area contributed by atoms with Crippen molar-refractivity contribution >= 4 is 40.7 Å². The molecule has 2 aromatic rings. The van der Waals surface area contributed by atoms with Crippen LogP contribution in [0.25, 0.3) is 0 Å². The standard InChI is InChI=1S/C17H12Cl3F3N2O/c18-8-1-2-9(12(20)7-8)10-3-4-13(10)25-16(26)15-14(17(21,22)23)11(19)5-6-24-15/h1-2,5-7,10,13H,3-4H2,(H,25,26)/t10-,13-/m0/s1. The van der Waals surface area contributed by atoms with Crippen LogP contribution in [-0.2, 0) is 6.18 Å². The van der Waals surface area contributed by atoms with E-state index in [1.807, 2.05) is 0 Å². The SMILES string of the molecule is O=C(N[C@H]1CC[C@H]1c1ccc(Cl)cc1Cl)c1nccc(Cl)c1C(F)(F)F. The Balaban J connectivity index is 1.82. The van der Waals surface area contributed by atoms with Gasteiger partial charge in [-0.3, -0.25) is 9.78 Å². The maximum Gasteiger partial charge on any atom is 0.420 e. The van der Waals surface area contributed by atoms with Crippen molar-refractivity contribution in [1.29, 1.82) is 0 Å². The Kier molecular flexibility index (Phi) is 5.37. The van der Waals surface area contributed by atoms with Gasteiger partial charge < -0.3 is 5.32 Å². The molecule has 0 unspecified atom stereocenters. The molecule has 1 amide bonds. The highest BCUT2D eigenvalue weighted by Gasteiger charge is 2.40. The van der Waals surface area contributed by atoms with E-state index in [0.29, 0.717) is 16.5 Å². The first-order chi connectivity index (χ1) is 12.2. The fraction of sp³-hybridized carbons (Fsp3) is 0.294. The number of aromatic nitrogens is 1. The number of hydrogen-bond acceptors (Lipinski definition) is 2. The molecule has 1 aromatic carbocycles. The quantitative estimate of drug-likeness (QED) is 0.684. The average Bonchev–Trinajstić information content (AvgIpc) is 2.52. The molecule has 1 heterocycles. The van der Waals surface area contributed by atoms with E-state index >= 15 is 0 Å². The number of benzene rings is 1. The largest absolute Gasteiger partial charge is 0.420 e. The lowest BCUT2D eigenvalue weighted by Crippen LogP contribution is -2.46. The summed E-state index contributed by atoms with van der Waals surface area (Å²) in [4.78, 5) is 16.0. The first-order valence-electron chi connectivity index (χ1n) is 7.66. The van der Waals surface area contributed by atoms with Crippen LogP contribution in [-0.4, -0.2) is 16.9 Å². The molecule has 1 aliphatic rings. The lowest BCUT2D eigenvalue weighted by atomic mass is 9.75. The number of carbonyl (C=O) groups is 1. The zero-order valence-corrected chi connectivity index (χ0v) is 15.3. The Morgan fingerprint density at radius 1 is 1.12 bits per heavy atom. The van der Waals surface area contributed by atoms with Crippen molar-refractivity contribution in [3.8, 4) is 0 Å².